The number of rotatable bonds is 1. The van der Waals surface area contributed by atoms with Gasteiger partial charge in [-0.25, -0.2) is 4.39 Å². The number of hydrogen-bond acceptors (Lipinski definition) is 2. The highest BCUT2D eigenvalue weighted by Gasteiger charge is 2.26. The Morgan fingerprint density at radius 2 is 1.95 bits per heavy atom. The van der Waals surface area contributed by atoms with Crippen LogP contribution in [0.15, 0.2) is 42.5 Å². The molecule has 0 saturated heterocycles. The Morgan fingerprint density at radius 3 is 2.74 bits per heavy atom. The third-order valence-corrected chi connectivity index (χ3v) is 3.38. The zero-order valence-electron chi connectivity index (χ0n) is 10.3. The summed E-state index contributed by atoms with van der Waals surface area (Å²) in [5.74, 6) is -0.480. The lowest BCUT2D eigenvalue weighted by Gasteiger charge is -2.29. The maximum atomic E-state index is 13.1. The van der Waals surface area contributed by atoms with Crippen LogP contribution in [-0.2, 0) is 6.42 Å². The molecule has 0 fully saturated rings. The molecule has 0 spiro atoms. The topological polar surface area (TPSA) is 46.3 Å². The Bertz CT molecular complexity index is 654. The van der Waals surface area contributed by atoms with Crippen LogP contribution in [0.5, 0.6) is 0 Å². The number of nitrogens with two attached hydrogens (primary N) is 1. The fourth-order valence-electron chi connectivity index (χ4n) is 2.43. The second kappa shape index (κ2) is 4.39. The molecule has 0 aromatic heterocycles. The lowest BCUT2D eigenvalue weighted by atomic mass is 9.98. The molecule has 0 aliphatic carbocycles. The molecule has 0 saturated carbocycles. The molecule has 1 aliphatic rings. The third-order valence-electron chi connectivity index (χ3n) is 3.38. The Balaban J connectivity index is 2.02. The zero-order chi connectivity index (χ0) is 13.4. The second-order valence-corrected chi connectivity index (χ2v) is 4.57. The van der Waals surface area contributed by atoms with Gasteiger partial charge in [-0.2, -0.15) is 0 Å². The van der Waals surface area contributed by atoms with Crippen molar-refractivity contribution >= 4 is 17.3 Å². The van der Waals surface area contributed by atoms with Gasteiger partial charge in [0.25, 0.3) is 5.91 Å². The van der Waals surface area contributed by atoms with Crippen LogP contribution in [0.2, 0.25) is 0 Å². The lowest BCUT2D eigenvalue weighted by molar-refractivity contribution is 0.0980. The summed E-state index contributed by atoms with van der Waals surface area (Å²) in [7, 11) is 0. The molecule has 1 heterocycles. The maximum Gasteiger partial charge on any atom is 0.258 e. The van der Waals surface area contributed by atoms with E-state index in [4.69, 9.17) is 5.73 Å². The van der Waals surface area contributed by atoms with Crippen LogP contribution in [0.3, 0.4) is 0 Å². The first-order chi connectivity index (χ1) is 9.16. The summed E-state index contributed by atoms with van der Waals surface area (Å²) in [5, 5.41) is 0. The van der Waals surface area contributed by atoms with Crippen LogP contribution in [0.25, 0.3) is 0 Å². The van der Waals surface area contributed by atoms with Crippen molar-refractivity contribution in [1.29, 1.82) is 0 Å². The minimum absolute atomic E-state index is 0.0832. The zero-order valence-corrected chi connectivity index (χ0v) is 10.3. The average Bonchev–Trinajstić information content (AvgIpc) is 2.41. The van der Waals surface area contributed by atoms with Gasteiger partial charge in [0, 0.05) is 12.1 Å². The Hall–Kier alpha value is -2.36. The van der Waals surface area contributed by atoms with Crippen molar-refractivity contribution in [2.45, 2.75) is 6.42 Å². The third kappa shape index (κ3) is 1.95. The van der Waals surface area contributed by atoms with Crippen LogP contribution in [0.4, 0.5) is 15.8 Å². The second-order valence-electron chi connectivity index (χ2n) is 4.57. The number of hydrogen-bond donors (Lipinski definition) is 1. The number of benzene rings is 2. The molecular formula is C15H13FN2O. The minimum Gasteiger partial charge on any atom is -0.397 e. The molecule has 19 heavy (non-hydrogen) atoms. The molecular weight excluding hydrogens is 243 g/mol. The molecule has 0 radical (unpaired) electrons. The molecule has 2 aromatic rings. The summed E-state index contributed by atoms with van der Waals surface area (Å²) in [6.07, 6.45) is 0.777. The number of carbonyl (C=O) groups excluding carboxylic acids is 1. The Kier molecular flexibility index (Phi) is 2.71. The number of carbonyl (C=O) groups is 1. The van der Waals surface area contributed by atoms with E-state index in [1.54, 1.807) is 11.0 Å². The predicted molar refractivity (Wildman–Crippen MR) is 72.6 cm³/mol. The molecule has 3 rings (SSSR count). The fraction of sp³-hybridized carbons (Fsp3) is 0.133. The molecule has 0 unspecified atom stereocenters. The maximum absolute atomic E-state index is 13.1. The first kappa shape index (κ1) is 11.7. The van der Waals surface area contributed by atoms with Crippen LogP contribution >= 0.6 is 0 Å². The number of anilines is 2. The normalized spacial score (nSPS) is 14.4. The van der Waals surface area contributed by atoms with Crippen LogP contribution in [0.1, 0.15) is 15.9 Å². The molecule has 96 valence electrons. The molecule has 0 atom stereocenters. The summed E-state index contributed by atoms with van der Waals surface area (Å²) in [6.45, 7) is 0.561. The van der Waals surface area contributed by atoms with E-state index < -0.39 is 5.82 Å². The van der Waals surface area contributed by atoms with Gasteiger partial charge in [-0.15, -0.1) is 0 Å². The van der Waals surface area contributed by atoms with Crippen LogP contribution in [-0.4, -0.2) is 12.5 Å². The molecule has 2 aromatic carbocycles. The van der Waals surface area contributed by atoms with Gasteiger partial charge in [-0.3, -0.25) is 4.79 Å². The molecule has 1 amide bonds. The van der Waals surface area contributed by atoms with E-state index in [9.17, 15) is 9.18 Å². The van der Waals surface area contributed by atoms with E-state index in [1.165, 1.54) is 12.1 Å². The van der Waals surface area contributed by atoms with Crippen molar-refractivity contribution < 1.29 is 9.18 Å². The lowest BCUT2D eigenvalue weighted by Crippen LogP contribution is -2.38. The van der Waals surface area contributed by atoms with Crippen molar-refractivity contribution in [3.63, 3.8) is 0 Å². The van der Waals surface area contributed by atoms with Gasteiger partial charge in [-0.1, -0.05) is 18.2 Å². The Morgan fingerprint density at radius 1 is 1.16 bits per heavy atom. The number of fused-ring (bicyclic) bond motifs is 1. The highest BCUT2D eigenvalue weighted by atomic mass is 19.1. The van der Waals surface area contributed by atoms with E-state index in [2.05, 4.69) is 0 Å². The average molecular weight is 256 g/mol. The van der Waals surface area contributed by atoms with Crippen molar-refractivity contribution in [3.8, 4) is 0 Å². The standard InChI is InChI=1S/C15H13FN2O/c16-11-5-6-14(13(17)9-11)18-8-7-10-3-1-2-4-12(10)15(18)19/h1-6,9H,7-8,17H2. The van der Waals surface area contributed by atoms with Gasteiger partial charge >= 0.3 is 0 Å². The van der Waals surface area contributed by atoms with Crippen LogP contribution < -0.4 is 10.6 Å². The molecule has 2 N–H and O–H groups in total. The summed E-state index contributed by atoms with van der Waals surface area (Å²) in [4.78, 5) is 14.0. The first-order valence-electron chi connectivity index (χ1n) is 6.11. The van der Waals surface area contributed by atoms with Crippen molar-refractivity contribution in [2.24, 2.45) is 0 Å². The molecule has 0 bridgehead atoms. The monoisotopic (exact) mass is 256 g/mol. The van der Waals surface area contributed by atoms with Gasteiger partial charge in [0.15, 0.2) is 0 Å². The van der Waals surface area contributed by atoms with E-state index in [0.717, 1.165) is 12.0 Å². The number of amides is 1. The van der Waals surface area contributed by atoms with Gasteiger partial charge in [0.1, 0.15) is 5.82 Å². The first-order valence-corrected chi connectivity index (χ1v) is 6.11. The SMILES string of the molecule is Nc1cc(F)ccc1N1CCc2ccccc2C1=O. The van der Waals surface area contributed by atoms with Gasteiger partial charge < -0.3 is 10.6 Å². The van der Waals surface area contributed by atoms with Crippen molar-refractivity contribution in [3.05, 3.63) is 59.4 Å². The summed E-state index contributed by atoms with van der Waals surface area (Å²) < 4.78 is 13.1. The van der Waals surface area contributed by atoms with Gasteiger partial charge in [0.2, 0.25) is 0 Å². The molecule has 1 aliphatic heterocycles. The molecule has 3 nitrogen and oxygen atoms in total. The summed E-state index contributed by atoms with van der Waals surface area (Å²) >= 11 is 0. The van der Waals surface area contributed by atoms with Gasteiger partial charge in [0.05, 0.1) is 11.4 Å². The quantitative estimate of drug-likeness (QED) is 0.797. The highest BCUT2D eigenvalue weighted by Crippen LogP contribution is 2.29. The van der Waals surface area contributed by atoms with Gasteiger partial charge in [-0.05, 0) is 36.2 Å². The fourth-order valence-corrected chi connectivity index (χ4v) is 2.43. The molecule has 4 heteroatoms. The van der Waals surface area contributed by atoms with E-state index in [-0.39, 0.29) is 11.6 Å². The Labute approximate surface area is 110 Å². The van der Waals surface area contributed by atoms with E-state index >= 15 is 0 Å². The van der Waals surface area contributed by atoms with E-state index in [0.29, 0.717) is 17.8 Å². The van der Waals surface area contributed by atoms with Crippen molar-refractivity contribution in [2.75, 3.05) is 17.2 Å². The number of nitrogen functional groups attached to an aromatic ring is 1. The van der Waals surface area contributed by atoms with Crippen LogP contribution in [0, 0.1) is 5.82 Å². The summed E-state index contributed by atoms with van der Waals surface area (Å²) in [6, 6.07) is 11.6. The minimum atomic E-state index is -0.397. The smallest absolute Gasteiger partial charge is 0.258 e. The van der Waals surface area contributed by atoms with E-state index in [1.807, 2.05) is 24.3 Å². The highest BCUT2D eigenvalue weighted by molar-refractivity contribution is 6.09. The largest absolute Gasteiger partial charge is 0.397 e. The van der Waals surface area contributed by atoms with Crippen molar-refractivity contribution in [1.82, 2.24) is 0 Å². The predicted octanol–water partition coefficient (Wildman–Crippen LogP) is 2.61. The number of nitrogens with zero attached hydrogens (tertiary/aromatic N) is 1. The number of halogens is 1. The summed E-state index contributed by atoms with van der Waals surface area (Å²) in [5.41, 5.74) is 8.39.